The maximum Gasteiger partial charge on any atom is 0.116 e. The fourth-order valence-electron chi connectivity index (χ4n) is 3.79. The lowest BCUT2D eigenvalue weighted by molar-refractivity contribution is -0.106. The fraction of sp³-hybridized carbons (Fsp3) is 0.536. The molecule has 3 rings (SSSR count). The van der Waals surface area contributed by atoms with Gasteiger partial charge in [-0.1, -0.05) is 39.1 Å². The van der Waals surface area contributed by atoms with Crippen molar-refractivity contribution >= 4 is 18.4 Å². The van der Waals surface area contributed by atoms with E-state index < -0.39 is 0 Å². The van der Waals surface area contributed by atoms with E-state index in [4.69, 9.17) is 21.4 Å². The Balaban J connectivity index is 0.000000704. The summed E-state index contributed by atoms with van der Waals surface area (Å²) in [5, 5.41) is 18.4. The fourth-order valence-corrected chi connectivity index (χ4v) is 3.79. The zero-order valence-electron chi connectivity index (χ0n) is 21.9. The van der Waals surface area contributed by atoms with Gasteiger partial charge in [-0.2, -0.15) is 0 Å². The summed E-state index contributed by atoms with van der Waals surface area (Å²) in [5.41, 5.74) is 23.3. The third-order valence-corrected chi connectivity index (χ3v) is 6.58. The Hall–Kier alpha value is -2.41. The largest absolute Gasteiger partial charge is 0.513 e. The molecule has 0 aromatic heterocycles. The molecule has 0 amide bonds. The highest BCUT2D eigenvalue weighted by Crippen LogP contribution is 2.38. The number of fused-ring (bicyclic) bond motifs is 1. The quantitative estimate of drug-likeness (QED) is 0.294. The average molecular weight is 474 g/mol. The predicted molar refractivity (Wildman–Crippen MR) is 145 cm³/mol. The van der Waals surface area contributed by atoms with Crippen LogP contribution in [-0.4, -0.2) is 35.7 Å². The summed E-state index contributed by atoms with van der Waals surface area (Å²) in [7, 11) is 1.50. The number of aliphatic hydroxyl groups is 2. The molecular weight excluding hydrogens is 426 g/mol. The number of aliphatic hydroxyl groups excluding tert-OH is 2. The van der Waals surface area contributed by atoms with Crippen molar-refractivity contribution in [3.05, 3.63) is 58.5 Å². The van der Waals surface area contributed by atoms with Crippen LogP contribution in [0.3, 0.4) is 0 Å². The van der Waals surface area contributed by atoms with Gasteiger partial charge in [0, 0.05) is 17.2 Å². The molecule has 1 unspecified atom stereocenters. The van der Waals surface area contributed by atoms with E-state index in [2.05, 4.69) is 38.0 Å². The van der Waals surface area contributed by atoms with Crippen LogP contribution < -0.4 is 17.2 Å². The van der Waals surface area contributed by atoms with Crippen LogP contribution in [0.25, 0.3) is 12.2 Å². The molecule has 34 heavy (non-hydrogen) atoms. The molecule has 0 heterocycles. The molecule has 0 bridgehead atoms. The normalized spacial score (nSPS) is 16.5. The zero-order valence-corrected chi connectivity index (χ0v) is 21.9. The second-order valence-electron chi connectivity index (χ2n) is 8.82. The summed E-state index contributed by atoms with van der Waals surface area (Å²) < 4.78 is 0. The molecule has 8 N–H and O–H groups in total. The monoisotopic (exact) mass is 473 g/mol. The highest BCUT2D eigenvalue weighted by Gasteiger charge is 2.28. The smallest absolute Gasteiger partial charge is 0.116 e. The van der Waals surface area contributed by atoms with Gasteiger partial charge in [0.25, 0.3) is 0 Å². The van der Waals surface area contributed by atoms with Crippen molar-refractivity contribution in [2.24, 2.45) is 29.0 Å². The third kappa shape index (κ3) is 9.09. The van der Waals surface area contributed by atoms with Gasteiger partial charge in [-0.15, -0.1) is 0 Å². The van der Waals surface area contributed by atoms with Gasteiger partial charge in [0.1, 0.15) is 6.29 Å². The van der Waals surface area contributed by atoms with Crippen molar-refractivity contribution < 1.29 is 15.0 Å². The molecule has 0 aliphatic heterocycles. The van der Waals surface area contributed by atoms with Crippen molar-refractivity contribution in [3.63, 3.8) is 0 Å². The van der Waals surface area contributed by atoms with Gasteiger partial charge in [0.15, 0.2) is 0 Å². The maximum absolute atomic E-state index is 9.69. The number of benzene rings is 1. The van der Waals surface area contributed by atoms with Crippen LogP contribution in [0.15, 0.2) is 30.7 Å². The molecule has 6 heteroatoms. The van der Waals surface area contributed by atoms with E-state index in [9.17, 15) is 5.11 Å². The zero-order chi connectivity index (χ0) is 26.5. The highest BCUT2D eigenvalue weighted by atomic mass is 16.3. The van der Waals surface area contributed by atoms with E-state index >= 15 is 0 Å². The average Bonchev–Trinajstić information content (AvgIpc) is 3.61. The number of rotatable bonds is 7. The molecule has 2 aliphatic carbocycles. The molecule has 1 atom stereocenters. The van der Waals surface area contributed by atoms with Gasteiger partial charge in [0.2, 0.25) is 0 Å². The van der Waals surface area contributed by atoms with Crippen LogP contribution in [0.1, 0.15) is 74.3 Å². The van der Waals surface area contributed by atoms with Gasteiger partial charge in [0.05, 0.1) is 12.4 Å². The maximum atomic E-state index is 9.69. The Bertz CT molecular complexity index is 830. The van der Waals surface area contributed by atoms with Crippen molar-refractivity contribution in [1.29, 1.82) is 0 Å². The lowest BCUT2D eigenvalue weighted by Crippen LogP contribution is -2.42. The number of allylic oxidation sites excluding steroid dienone is 2. The molecule has 6 nitrogen and oxygen atoms in total. The minimum absolute atomic E-state index is 0.0972. The molecule has 2 aliphatic rings. The van der Waals surface area contributed by atoms with E-state index in [0.717, 1.165) is 43.2 Å². The summed E-state index contributed by atoms with van der Waals surface area (Å²) in [6, 6.07) is 2.20. The molecule has 1 aromatic carbocycles. The van der Waals surface area contributed by atoms with Crippen molar-refractivity contribution in [2.75, 3.05) is 13.7 Å². The summed E-state index contributed by atoms with van der Waals surface area (Å²) in [5.74, 6) is 1.01. The molecule has 1 aromatic rings. The number of hydrogen-bond acceptors (Lipinski definition) is 6. The van der Waals surface area contributed by atoms with Gasteiger partial charge >= 0.3 is 0 Å². The van der Waals surface area contributed by atoms with Crippen LogP contribution in [0.2, 0.25) is 0 Å². The Morgan fingerprint density at radius 1 is 1.21 bits per heavy atom. The first-order valence-electron chi connectivity index (χ1n) is 12.1. The molecule has 0 radical (unpaired) electrons. The van der Waals surface area contributed by atoms with Crippen LogP contribution in [0.4, 0.5) is 0 Å². The first-order valence-corrected chi connectivity index (χ1v) is 12.1. The number of nitrogens with two attached hydrogens (primary N) is 3. The molecule has 0 saturated heterocycles. The van der Waals surface area contributed by atoms with Gasteiger partial charge in [-0.05, 0) is 99.2 Å². The molecule has 1 fully saturated rings. The molecule has 192 valence electrons. The summed E-state index contributed by atoms with van der Waals surface area (Å²) in [4.78, 5) is 8.81. The second kappa shape index (κ2) is 15.5. The number of hydrogen-bond donors (Lipinski definition) is 5. The Kier molecular flexibility index (Phi) is 14.4. The van der Waals surface area contributed by atoms with E-state index in [1.165, 1.54) is 49.1 Å². The minimum Gasteiger partial charge on any atom is -0.513 e. The Morgan fingerprint density at radius 2 is 1.74 bits per heavy atom. The van der Waals surface area contributed by atoms with E-state index in [0.29, 0.717) is 11.7 Å². The number of carbonyl (C=O) groups is 1. The Labute approximate surface area is 206 Å². The molecule has 1 saturated carbocycles. The van der Waals surface area contributed by atoms with E-state index in [-0.39, 0.29) is 18.1 Å². The van der Waals surface area contributed by atoms with Crippen LogP contribution >= 0.6 is 0 Å². The number of carbonyl (C=O) groups excluding carboxylic acids is 1. The lowest BCUT2D eigenvalue weighted by atomic mass is 9.92. The molecule has 0 spiro atoms. The summed E-state index contributed by atoms with van der Waals surface area (Å²) >= 11 is 0. The summed E-state index contributed by atoms with van der Waals surface area (Å²) in [6.07, 6.45) is 10.6. The van der Waals surface area contributed by atoms with Gasteiger partial charge in [-0.25, -0.2) is 0 Å². The van der Waals surface area contributed by atoms with Gasteiger partial charge in [-0.3, -0.25) is 0 Å². The van der Waals surface area contributed by atoms with Crippen molar-refractivity contribution in [1.82, 2.24) is 0 Å². The van der Waals surface area contributed by atoms with Crippen LogP contribution in [-0.2, 0) is 17.6 Å². The highest BCUT2D eigenvalue weighted by molar-refractivity contribution is 5.71. The minimum atomic E-state index is -0.319. The summed E-state index contributed by atoms with van der Waals surface area (Å²) in [6.45, 7) is 15.3. The van der Waals surface area contributed by atoms with Gasteiger partial charge < -0.3 is 32.2 Å². The SMILES string of the molecule is C=Cc1cc2c(c(C)c1/C=C(\N)C1CC1)CC(C(=C)O)C2.CC=O.CCC(N)(CC)CO.CN. The standard InChI is InChI=1S/C19H23NO.C6H15NO.C2H4O.CH5N/c1-4-13-7-16-8-15(12(3)21)9-17(16)11(2)18(13)10-19(20)14-5-6-14;1-3-6(7,4-2)5-8;1-2-3;1-2/h4,7,10,14-15,21H,1,3,5-6,8-9,20H2,2H3;8H,3-5,7H2,1-2H3;2H,1H3;2H2,1H3/b19-10-;;;. The predicted octanol–water partition coefficient (Wildman–Crippen LogP) is 4.41. The van der Waals surface area contributed by atoms with Crippen molar-refractivity contribution in [2.45, 2.75) is 71.8 Å². The van der Waals surface area contributed by atoms with E-state index in [1.54, 1.807) is 0 Å². The lowest BCUT2D eigenvalue weighted by Gasteiger charge is -2.22. The second-order valence-corrected chi connectivity index (χ2v) is 8.82. The van der Waals surface area contributed by atoms with Crippen LogP contribution in [0, 0.1) is 18.8 Å². The van der Waals surface area contributed by atoms with Crippen molar-refractivity contribution in [3.8, 4) is 0 Å². The molecular formula is C28H47N3O3. The van der Waals surface area contributed by atoms with Crippen LogP contribution in [0.5, 0.6) is 0 Å². The van der Waals surface area contributed by atoms with E-state index in [1.807, 2.05) is 19.9 Å². The first-order chi connectivity index (χ1) is 16.1. The Morgan fingerprint density at radius 3 is 2.09 bits per heavy atom. The topological polar surface area (TPSA) is 136 Å². The number of aldehydes is 1. The third-order valence-electron chi connectivity index (χ3n) is 6.58. The first kappa shape index (κ1) is 31.6.